The zero-order chi connectivity index (χ0) is 17.5. The second-order valence-electron chi connectivity index (χ2n) is 5.19. The molecule has 2 aromatic carbocycles. The Morgan fingerprint density at radius 2 is 1.71 bits per heavy atom. The highest BCUT2D eigenvalue weighted by Gasteiger charge is 2.19. The highest BCUT2D eigenvalue weighted by atomic mass is 16.5. The number of nitrogens with one attached hydrogen (secondary N) is 1. The minimum Gasteiger partial charge on any atom is -0.497 e. The van der Waals surface area contributed by atoms with E-state index in [0.29, 0.717) is 12.2 Å². The van der Waals surface area contributed by atoms with Crippen molar-refractivity contribution in [2.24, 2.45) is 11.6 Å². The number of hydrazine groups is 1. The van der Waals surface area contributed by atoms with Gasteiger partial charge in [0.2, 0.25) is 0 Å². The number of hydrogen-bond acceptors (Lipinski definition) is 5. The van der Waals surface area contributed by atoms with Crippen molar-refractivity contribution in [3.8, 4) is 5.75 Å². The van der Waals surface area contributed by atoms with Crippen LogP contribution in [0.15, 0.2) is 54.2 Å². The van der Waals surface area contributed by atoms with Gasteiger partial charge in [0.05, 0.1) is 24.2 Å². The van der Waals surface area contributed by atoms with Crippen molar-refractivity contribution in [3.63, 3.8) is 0 Å². The molecule has 0 radical (unpaired) electrons. The molecule has 5 heteroatoms. The van der Waals surface area contributed by atoms with Gasteiger partial charge in [-0.05, 0) is 41.5 Å². The van der Waals surface area contributed by atoms with Crippen molar-refractivity contribution >= 4 is 11.4 Å². The summed E-state index contributed by atoms with van der Waals surface area (Å²) < 4.78 is 5.18. The summed E-state index contributed by atoms with van der Waals surface area (Å²) in [5.74, 6) is 7.12. The highest BCUT2D eigenvalue weighted by Crippen LogP contribution is 2.27. The molecule has 2 aromatic rings. The molecule has 0 saturated carbocycles. The van der Waals surface area contributed by atoms with Crippen LogP contribution in [-0.4, -0.2) is 13.7 Å². The maximum absolute atomic E-state index is 6.36. The number of ether oxygens (including phenoxy) is 1. The minimum atomic E-state index is 0.614. The molecule has 0 spiro atoms. The molecule has 128 valence electrons. The molecule has 0 saturated heterocycles. The van der Waals surface area contributed by atoms with E-state index in [4.69, 9.17) is 16.3 Å². The third kappa shape index (κ3) is 3.69. The predicted octanol–water partition coefficient (Wildman–Crippen LogP) is 2.83. The van der Waals surface area contributed by atoms with Crippen molar-refractivity contribution < 1.29 is 4.74 Å². The van der Waals surface area contributed by atoms with Gasteiger partial charge >= 0.3 is 0 Å². The van der Waals surface area contributed by atoms with Gasteiger partial charge in [-0.25, -0.2) is 5.84 Å². The molecule has 0 fully saturated rings. The lowest BCUT2D eigenvalue weighted by Gasteiger charge is -2.23. The Hall–Kier alpha value is -2.50. The minimum absolute atomic E-state index is 0.614. The van der Waals surface area contributed by atoms with Gasteiger partial charge in [0.25, 0.3) is 0 Å². The Bertz CT molecular complexity index is 695. The summed E-state index contributed by atoms with van der Waals surface area (Å²) in [7, 11) is 1.64. The lowest BCUT2D eigenvalue weighted by atomic mass is 10.1. The summed E-state index contributed by atoms with van der Waals surface area (Å²) in [6.07, 6.45) is 0. The number of hydrogen-bond donors (Lipinski definition) is 3. The SMILES string of the molecule is CC.COc1ccc(/C(N)=C2\CNCc3ccccc3N2N)cc1. The van der Waals surface area contributed by atoms with Crippen LogP contribution < -0.4 is 26.6 Å². The van der Waals surface area contributed by atoms with Crippen LogP contribution in [0, 0.1) is 0 Å². The molecule has 24 heavy (non-hydrogen) atoms. The summed E-state index contributed by atoms with van der Waals surface area (Å²) in [5, 5.41) is 5.05. The van der Waals surface area contributed by atoms with Crippen LogP contribution in [0.2, 0.25) is 0 Å². The number of benzene rings is 2. The van der Waals surface area contributed by atoms with Gasteiger partial charge < -0.3 is 15.8 Å². The Kier molecular flexibility index (Phi) is 6.23. The summed E-state index contributed by atoms with van der Waals surface area (Å²) in [5.41, 5.74) is 10.9. The first-order valence-corrected chi connectivity index (χ1v) is 8.17. The number of fused-ring (bicyclic) bond motifs is 1. The van der Waals surface area contributed by atoms with Crippen LogP contribution in [0.25, 0.3) is 5.70 Å². The number of anilines is 1. The fraction of sp³-hybridized carbons (Fsp3) is 0.263. The van der Waals surface area contributed by atoms with Crippen LogP contribution >= 0.6 is 0 Å². The molecule has 0 aliphatic carbocycles. The summed E-state index contributed by atoms with van der Waals surface area (Å²) in [4.78, 5) is 0. The van der Waals surface area contributed by atoms with E-state index in [1.807, 2.05) is 56.3 Å². The van der Waals surface area contributed by atoms with Crippen molar-refractivity contribution in [2.75, 3.05) is 18.7 Å². The Morgan fingerprint density at radius 3 is 2.38 bits per heavy atom. The lowest BCUT2D eigenvalue weighted by molar-refractivity contribution is 0.415. The van der Waals surface area contributed by atoms with Crippen LogP contribution in [0.3, 0.4) is 0 Å². The first kappa shape index (κ1) is 17.8. The summed E-state index contributed by atoms with van der Waals surface area (Å²) in [6, 6.07) is 15.7. The third-order valence-corrected chi connectivity index (χ3v) is 3.86. The van der Waals surface area contributed by atoms with Crippen LogP contribution in [0.5, 0.6) is 5.75 Å². The maximum Gasteiger partial charge on any atom is 0.118 e. The number of nitrogens with two attached hydrogens (primary N) is 2. The molecule has 0 atom stereocenters. The molecule has 1 heterocycles. The van der Waals surface area contributed by atoms with Gasteiger partial charge in [0, 0.05) is 13.1 Å². The zero-order valence-corrected chi connectivity index (χ0v) is 14.5. The van der Waals surface area contributed by atoms with Crippen molar-refractivity contribution in [2.45, 2.75) is 20.4 Å². The van der Waals surface area contributed by atoms with Crippen molar-refractivity contribution in [1.82, 2.24) is 5.32 Å². The van der Waals surface area contributed by atoms with Gasteiger partial charge in [-0.3, -0.25) is 5.01 Å². The topological polar surface area (TPSA) is 76.5 Å². The second-order valence-corrected chi connectivity index (χ2v) is 5.19. The molecule has 0 aromatic heterocycles. The van der Waals surface area contributed by atoms with Gasteiger partial charge in [-0.2, -0.15) is 0 Å². The van der Waals surface area contributed by atoms with Crippen molar-refractivity contribution in [1.29, 1.82) is 0 Å². The quantitative estimate of drug-likeness (QED) is 0.740. The summed E-state index contributed by atoms with van der Waals surface area (Å²) >= 11 is 0. The lowest BCUT2D eigenvalue weighted by Crippen LogP contribution is -2.35. The van der Waals surface area contributed by atoms with Gasteiger partial charge in [0.15, 0.2) is 0 Å². The van der Waals surface area contributed by atoms with Crippen molar-refractivity contribution in [3.05, 3.63) is 65.4 Å². The first-order valence-electron chi connectivity index (χ1n) is 8.17. The summed E-state index contributed by atoms with van der Waals surface area (Å²) in [6.45, 7) is 5.38. The Balaban J connectivity index is 0.00000100. The zero-order valence-electron chi connectivity index (χ0n) is 14.5. The van der Waals surface area contributed by atoms with Gasteiger partial charge in [-0.15, -0.1) is 0 Å². The van der Waals surface area contributed by atoms with E-state index < -0.39 is 0 Å². The highest BCUT2D eigenvalue weighted by molar-refractivity contribution is 5.72. The molecule has 1 aliphatic heterocycles. The van der Waals surface area contributed by atoms with E-state index in [9.17, 15) is 0 Å². The van der Waals surface area contributed by atoms with Crippen LogP contribution in [0.1, 0.15) is 25.0 Å². The first-order chi connectivity index (χ1) is 11.7. The average molecular weight is 326 g/mol. The molecule has 0 unspecified atom stereocenters. The monoisotopic (exact) mass is 326 g/mol. The fourth-order valence-corrected chi connectivity index (χ4v) is 2.60. The van der Waals surface area contributed by atoms with E-state index in [1.54, 1.807) is 12.1 Å². The molecule has 5 nitrogen and oxygen atoms in total. The fourth-order valence-electron chi connectivity index (χ4n) is 2.60. The van der Waals surface area contributed by atoms with Crippen LogP contribution in [0.4, 0.5) is 5.69 Å². The largest absolute Gasteiger partial charge is 0.497 e. The Morgan fingerprint density at radius 1 is 1.04 bits per heavy atom. The van der Waals surface area contributed by atoms with E-state index in [2.05, 4.69) is 11.4 Å². The number of nitrogens with zero attached hydrogens (tertiary/aromatic N) is 1. The predicted molar refractivity (Wildman–Crippen MR) is 100 cm³/mol. The smallest absolute Gasteiger partial charge is 0.118 e. The molecule has 0 bridgehead atoms. The normalized spacial score (nSPS) is 15.6. The van der Waals surface area contributed by atoms with Gasteiger partial charge in [-0.1, -0.05) is 32.0 Å². The van der Waals surface area contributed by atoms with E-state index >= 15 is 0 Å². The molecule has 1 aliphatic rings. The molecule has 0 amide bonds. The number of para-hydroxylation sites is 1. The number of methoxy groups -OCH3 is 1. The van der Waals surface area contributed by atoms with Gasteiger partial charge in [0.1, 0.15) is 5.75 Å². The van der Waals surface area contributed by atoms with Crippen LogP contribution in [-0.2, 0) is 6.54 Å². The van der Waals surface area contributed by atoms with E-state index in [0.717, 1.165) is 34.8 Å². The van der Waals surface area contributed by atoms with E-state index in [1.165, 1.54) is 0 Å². The standard InChI is InChI=1S/C17H20N4O.C2H6/c1-22-14-8-6-12(7-9-14)17(18)16-11-20-10-13-4-2-3-5-15(13)21(16)19;1-2/h2-9,20H,10-11,18-19H2,1H3;1-2H3/b17-16-;. The molecular formula is C19H26N4O. The molecule has 3 rings (SSSR count). The third-order valence-electron chi connectivity index (χ3n) is 3.86. The molecular weight excluding hydrogens is 300 g/mol. The maximum atomic E-state index is 6.36. The average Bonchev–Trinajstić information content (AvgIpc) is 2.82. The van der Waals surface area contributed by atoms with E-state index in [-0.39, 0.29) is 0 Å². The second kappa shape index (κ2) is 8.38. The number of rotatable bonds is 2. The Labute approximate surface area is 143 Å². The molecule has 5 N–H and O–H groups in total.